The smallest absolute Gasteiger partial charge is 0.319 e. The van der Waals surface area contributed by atoms with Crippen molar-refractivity contribution in [1.29, 1.82) is 0 Å². The first-order valence-electron chi connectivity index (χ1n) is 14.4. The molecule has 3 fully saturated rings. The van der Waals surface area contributed by atoms with E-state index in [0.717, 1.165) is 32.2 Å². The second-order valence-corrected chi connectivity index (χ2v) is 12.2. The Balaban J connectivity index is 1.33. The minimum atomic E-state index is -0.924. The lowest BCUT2D eigenvalue weighted by Gasteiger charge is -2.31. The van der Waals surface area contributed by atoms with Gasteiger partial charge in [0.1, 0.15) is 53.4 Å². The number of benzene rings is 2. The molecule has 1 spiro atoms. The van der Waals surface area contributed by atoms with Gasteiger partial charge in [0, 0.05) is 31.0 Å². The molecule has 2 saturated heterocycles. The molecule has 220 valence electrons. The molecule has 0 bridgehead atoms. The van der Waals surface area contributed by atoms with Gasteiger partial charge in [-0.05, 0) is 55.8 Å². The fourth-order valence-corrected chi connectivity index (χ4v) is 7.24. The second-order valence-electron chi connectivity index (χ2n) is 12.2. The molecule has 43 heavy (non-hydrogen) atoms. The molecule has 0 radical (unpaired) electrons. The number of likely N-dealkylation sites (N-methyl/N-ethyl adjacent to an activating group) is 1. The van der Waals surface area contributed by atoms with Crippen LogP contribution in [0.2, 0.25) is 0 Å². The lowest BCUT2D eigenvalue weighted by Crippen LogP contribution is -2.43. The third-order valence-corrected chi connectivity index (χ3v) is 9.73. The third-order valence-electron chi connectivity index (χ3n) is 9.73. The van der Waals surface area contributed by atoms with Crippen LogP contribution in [-0.4, -0.2) is 75.6 Å². The summed E-state index contributed by atoms with van der Waals surface area (Å²) in [7, 11) is 1.88. The molecule has 8 rings (SSSR count). The van der Waals surface area contributed by atoms with Gasteiger partial charge in [-0.15, -0.1) is 6.42 Å². The van der Waals surface area contributed by atoms with Crippen LogP contribution in [-0.2, 0) is 0 Å². The van der Waals surface area contributed by atoms with Gasteiger partial charge in [-0.3, -0.25) is 4.90 Å². The zero-order valence-electron chi connectivity index (χ0n) is 23.5. The SMILES string of the molecule is C#Cc1c(F)ccc2cc(O)cc(-c3nc4c5c(nc(OC[C@@]67CCCN6C[C@H](F)C7)nc5c3F)N(C)C3(CC3)CO4)c12. The van der Waals surface area contributed by atoms with E-state index >= 15 is 4.39 Å². The van der Waals surface area contributed by atoms with Crippen molar-refractivity contribution in [2.45, 2.75) is 49.4 Å². The van der Waals surface area contributed by atoms with Gasteiger partial charge in [0.15, 0.2) is 5.82 Å². The van der Waals surface area contributed by atoms with Crippen molar-refractivity contribution in [2.75, 3.05) is 38.3 Å². The summed E-state index contributed by atoms with van der Waals surface area (Å²) >= 11 is 0. The Hall–Kier alpha value is -4.30. The topological polar surface area (TPSA) is 83.8 Å². The highest BCUT2D eigenvalue weighted by Crippen LogP contribution is 2.50. The number of hydrogen-bond acceptors (Lipinski definition) is 8. The number of pyridine rings is 1. The molecular formula is C32H28F3N5O3. The van der Waals surface area contributed by atoms with Crippen molar-refractivity contribution in [1.82, 2.24) is 19.9 Å². The van der Waals surface area contributed by atoms with Gasteiger partial charge in [-0.25, -0.2) is 18.2 Å². The highest BCUT2D eigenvalue weighted by atomic mass is 19.1. The molecule has 0 unspecified atom stereocenters. The van der Waals surface area contributed by atoms with Gasteiger partial charge in [-0.1, -0.05) is 12.0 Å². The molecule has 1 N–H and O–H groups in total. The average Bonchev–Trinajstić information content (AvgIpc) is 3.61. The van der Waals surface area contributed by atoms with Crippen LogP contribution in [0.4, 0.5) is 19.0 Å². The van der Waals surface area contributed by atoms with E-state index in [1.807, 2.05) is 11.9 Å². The number of anilines is 1. The lowest BCUT2D eigenvalue weighted by molar-refractivity contribution is 0.107. The molecule has 11 heteroatoms. The van der Waals surface area contributed by atoms with Crippen LogP contribution in [0.5, 0.6) is 17.6 Å². The van der Waals surface area contributed by atoms with Crippen molar-refractivity contribution in [3.8, 4) is 41.2 Å². The Labute approximate surface area is 245 Å². The molecule has 0 amide bonds. The number of phenolic OH excluding ortho intramolecular Hbond substituents is 1. The summed E-state index contributed by atoms with van der Waals surface area (Å²) in [6.07, 6.45) is 8.58. The van der Waals surface area contributed by atoms with Crippen molar-refractivity contribution in [3.05, 3.63) is 41.5 Å². The molecule has 2 aromatic carbocycles. The number of aromatic nitrogens is 3. The molecule has 3 aliphatic heterocycles. The van der Waals surface area contributed by atoms with Crippen LogP contribution >= 0.6 is 0 Å². The fourth-order valence-electron chi connectivity index (χ4n) is 7.24. The van der Waals surface area contributed by atoms with Crippen LogP contribution in [0.15, 0.2) is 24.3 Å². The fraction of sp³-hybridized carbons (Fsp3) is 0.406. The minimum absolute atomic E-state index is 0.0336. The van der Waals surface area contributed by atoms with Crippen molar-refractivity contribution in [3.63, 3.8) is 0 Å². The molecule has 4 aliphatic rings. The number of terminal acetylenes is 1. The van der Waals surface area contributed by atoms with Crippen molar-refractivity contribution in [2.24, 2.45) is 0 Å². The summed E-state index contributed by atoms with van der Waals surface area (Å²) in [6, 6.07) is 5.37. The highest BCUT2D eigenvalue weighted by Gasteiger charge is 2.51. The van der Waals surface area contributed by atoms with Crippen LogP contribution < -0.4 is 14.4 Å². The van der Waals surface area contributed by atoms with Crippen LogP contribution in [0, 0.1) is 24.0 Å². The minimum Gasteiger partial charge on any atom is -0.508 e. The van der Waals surface area contributed by atoms with E-state index < -0.39 is 23.3 Å². The molecule has 1 saturated carbocycles. The Morgan fingerprint density at radius 3 is 2.79 bits per heavy atom. The summed E-state index contributed by atoms with van der Waals surface area (Å²) in [5, 5.41) is 11.5. The second kappa shape index (κ2) is 9.10. The van der Waals surface area contributed by atoms with Crippen LogP contribution in [0.25, 0.3) is 32.9 Å². The van der Waals surface area contributed by atoms with E-state index in [2.05, 4.69) is 20.8 Å². The third kappa shape index (κ3) is 3.85. The Bertz CT molecular complexity index is 1890. The maximum atomic E-state index is 16.8. The molecule has 1 aliphatic carbocycles. The van der Waals surface area contributed by atoms with Crippen LogP contribution in [0.1, 0.15) is 37.7 Å². The predicted molar refractivity (Wildman–Crippen MR) is 154 cm³/mol. The van der Waals surface area contributed by atoms with E-state index in [1.54, 1.807) is 0 Å². The van der Waals surface area contributed by atoms with Gasteiger partial charge < -0.3 is 19.5 Å². The van der Waals surface area contributed by atoms with E-state index in [9.17, 15) is 13.9 Å². The maximum Gasteiger partial charge on any atom is 0.319 e. The first-order valence-corrected chi connectivity index (χ1v) is 14.4. The normalized spacial score (nSPS) is 23.8. The average molecular weight is 588 g/mol. The first-order chi connectivity index (χ1) is 20.7. The number of nitrogens with zero attached hydrogens (tertiary/aromatic N) is 5. The van der Waals surface area contributed by atoms with Gasteiger partial charge in [0.2, 0.25) is 5.88 Å². The largest absolute Gasteiger partial charge is 0.508 e. The molecular weight excluding hydrogens is 559 g/mol. The summed E-state index contributed by atoms with van der Waals surface area (Å²) in [6.45, 7) is 1.66. The van der Waals surface area contributed by atoms with E-state index in [0.29, 0.717) is 30.8 Å². The van der Waals surface area contributed by atoms with Crippen LogP contribution in [0.3, 0.4) is 0 Å². The lowest BCUT2D eigenvalue weighted by atomic mass is 9.95. The number of phenols is 1. The zero-order chi connectivity index (χ0) is 29.7. The Kier molecular flexibility index (Phi) is 5.57. The maximum absolute atomic E-state index is 16.8. The Morgan fingerprint density at radius 2 is 2.00 bits per heavy atom. The quantitative estimate of drug-likeness (QED) is 0.330. The number of ether oxygens (including phenoxy) is 2. The van der Waals surface area contributed by atoms with Gasteiger partial charge in [0.25, 0.3) is 0 Å². The molecule has 5 heterocycles. The van der Waals surface area contributed by atoms with Gasteiger partial charge >= 0.3 is 6.01 Å². The summed E-state index contributed by atoms with van der Waals surface area (Å²) in [5.41, 5.74) is -1.04. The number of alkyl halides is 1. The van der Waals surface area contributed by atoms with Gasteiger partial charge in [0.05, 0.1) is 16.6 Å². The summed E-state index contributed by atoms with van der Waals surface area (Å²) in [4.78, 5) is 17.9. The molecule has 2 aromatic heterocycles. The van der Waals surface area contributed by atoms with Crippen molar-refractivity contribution < 1.29 is 27.8 Å². The van der Waals surface area contributed by atoms with E-state index in [1.165, 1.54) is 24.3 Å². The number of aromatic hydroxyl groups is 1. The monoisotopic (exact) mass is 587 g/mol. The summed E-state index contributed by atoms with van der Waals surface area (Å²) in [5.74, 6) is 1.26. The van der Waals surface area contributed by atoms with Crippen molar-refractivity contribution >= 4 is 27.5 Å². The number of rotatable bonds is 4. The Morgan fingerprint density at radius 1 is 1.16 bits per heavy atom. The van der Waals surface area contributed by atoms with Gasteiger partial charge in [-0.2, -0.15) is 9.97 Å². The van der Waals surface area contributed by atoms with E-state index in [-0.39, 0.29) is 62.9 Å². The van der Waals surface area contributed by atoms with E-state index in [4.69, 9.17) is 20.9 Å². The molecule has 2 atom stereocenters. The number of halogens is 3. The first kappa shape index (κ1) is 26.3. The highest BCUT2D eigenvalue weighted by molar-refractivity contribution is 6.04. The standard InChI is InChI=1S/C32H28F3N5O3/c1-3-20-22(34)6-5-17-11-19(41)12-21(23(17)20)26-25(35)27-24-28(39(2)31(8-9-31)15-42-29(24)36-26)38-30(37-27)43-16-32-7-4-10-40(32)14-18(33)13-32/h1,5-6,11-12,18,41H,4,7-10,13-16H2,2H3/t18-,32+/m1/s1. The number of fused-ring (bicyclic) bond motifs is 2. The molecule has 4 aromatic rings. The summed E-state index contributed by atoms with van der Waals surface area (Å²) < 4.78 is 58.4. The number of hydrogen-bond donors (Lipinski definition) is 1. The molecule has 8 nitrogen and oxygen atoms in total. The zero-order valence-corrected chi connectivity index (χ0v) is 23.5. The predicted octanol–water partition coefficient (Wildman–Crippen LogP) is 5.13.